The van der Waals surface area contributed by atoms with E-state index in [1.807, 2.05) is 31.3 Å². The molecule has 2 unspecified atom stereocenters. The van der Waals surface area contributed by atoms with Crippen LogP contribution in [0.15, 0.2) is 60.0 Å². The number of nitrogens with one attached hydrogen (secondary N) is 1. The molecule has 0 saturated carbocycles. The average molecular weight is 443 g/mol. The largest absolute Gasteiger partial charge is 0.376 e. The lowest BCUT2D eigenvalue weighted by molar-refractivity contribution is -0.115. The molecule has 1 aliphatic heterocycles. The van der Waals surface area contributed by atoms with Crippen LogP contribution >= 0.6 is 23.4 Å². The molecule has 4 rings (SSSR count). The summed E-state index contributed by atoms with van der Waals surface area (Å²) in [6.45, 7) is 3.38. The van der Waals surface area contributed by atoms with Gasteiger partial charge in [0, 0.05) is 12.8 Å². The topological polar surface area (TPSA) is 69.0 Å². The minimum Gasteiger partial charge on any atom is -0.376 e. The monoisotopic (exact) mass is 442 g/mol. The predicted octanol–water partition coefficient (Wildman–Crippen LogP) is 4.90. The summed E-state index contributed by atoms with van der Waals surface area (Å²) in [5.41, 5.74) is 2.62. The summed E-state index contributed by atoms with van der Waals surface area (Å²) in [6.07, 6.45) is 5.73. The number of thioether (sulfide) groups is 1. The van der Waals surface area contributed by atoms with Crippen molar-refractivity contribution < 1.29 is 9.53 Å². The second kappa shape index (κ2) is 9.64. The lowest BCUT2D eigenvalue weighted by Crippen LogP contribution is -2.24. The third-order valence-corrected chi connectivity index (χ3v) is 6.37. The van der Waals surface area contributed by atoms with E-state index < -0.39 is 0 Å². The Labute approximate surface area is 185 Å². The van der Waals surface area contributed by atoms with Gasteiger partial charge in [0.15, 0.2) is 10.3 Å². The molecule has 0 spiro atoms. The minimum absolute atomic E-state index is 0.150. The molecule has 8 heteroatoms. The molecule has 156 valence electrons. The molecule has 1 saturated heterocycles. The number of ether oxygens (including phenoxy) is 1. The van der Waals surface area contributed by atoms with E-state index in [-0.39, 0.29) is 22.4 Å². The van der Waals surface area contributed by atoms with Gasteiger partial charge in [0.05, 0.1) is 35.5 Å². The molecular weight excluding hydrogens is 420 g/mol. The van der Waals surface area contributed by atoms with Gasteiger partial charge in [-0.2, -0.15) is 0 Å². The Balaban J connectivity index is 1.54. The van der Waals surface area contributed by atoms with Crippen molar-refractivity contribution in [3.05, 3.63) is 60.0 Å². The fraction of sp³-hybridized carbons (Fsp3) is 0.318. The van der Waals surface area contributed by atoms with Crippen LogP contribution in [0.3, 0.4) is 0 Å². The number of hydrogen-bond acceptors (Lipinski definition) is 5. The maximum absolute atomic E-state index is 12.7. The van der Waals surface area contributed by atoms with E-state index >= 15 is 0 Å². The van der Waals surface area contributed by atoms with Crippen molar-refractivity contribution in [3.8, 4) is 11.3 Å². The molecule has 30 heavy (non-hydrogen) atoms. The molecule has 1 fully saturated rings. The average Bonchev–Trinajstić information content (AvgIpc) is 3.41. The Morgan fingerprint density at radius 1 is 1.30 bits per heavy atom. The highest BCUT2D eigenvalue weighted by Crippen LogP contribution is 2.31. The quantitative estimate of drug-likeness (QED) is 0.416. The molecule has 1 aromatic carbocycles. The highest BCUT2D eigenvalue weighted by molar-refractivity contribution is 8.00. The molecule has 3 aromatic rings. The highest BCUT2D eigenvalue weighted by atomic mass is 35.5. The Morgan fingerprint density at radius 2 is 2.13 bits per heavy atom. The van der Waals surface area contributed by atoms with Crippen LogP contribution in [0.1, 0.15) is 19.8 Å². The molecule has 2 atom stereocenters. The zero-order chi connectivity index (χ0) is 20.9. The number of hydrogen-bond donors (Lipinski definition) is 1. The minimum atomic E-state index is -0.365. The summed E-state index contributed by atoms with van der Waals surface area (Å²) < 4.78 is 8.02. The fourth-order valence-corrected chi connectivity index (χ4v) is 4.45. The van der Waals surface area contributed by atoms with Gasteiger partial charge in [0.2, 0.25) is 5.91 Å². The van der Waals surface area contributed by atoms with Gasteiger partial charge in [-0.3, -0.25) is 4.79 Å². The smallest absolute Gasteiger partial charge is 0.237 e. The first-order valence-electron chi connectivity index (χ1n) is 9.92. The van der Waals surface area contributed by atoms with E-state index in [0.717, 1.165) is 42.4 Å². The molecule has 0 aliphatic carbocycles. The van der Waals surface area contributed by atoms with Gasteiger partial charge >= 0.3 is 0 Å². The number of imidazole rings is 1. The molecule has 0 radical (unpaired) electrons. The van der Waals surface area contributed by atoms with Gasteiger partial charge in [-0.15, -0.1) is 0 Å². The van der Waals surface area contributed by atoms with Crippen LogP contribution in [0, 0.1) is 0 Å². The van der Waals surface area contributed by atoms with E-state index in [1.165, 1.54) is 11.8 Å². The number of rotatable bonds is 7. The first kappa shape index (κ1) is 20.9. The van der Waals surface area contributed by atoms with Crippen LogP contribution in [0.4, 0.5) is 5.69 Å². The number of anilines is 1. The molecule has 1 N–H and O–H groups in total. The van der Waals surface area contributed by atoms with E-state index in [4.69, 9.17) is 16.3 Å². The van der Waals surface area contributed by atoms with Crippen LogP contribution in [0.2, 0.25) is 5.15 Å². The maximum Gasteiger partial charge on any atom is 0.237 e. The van der Waals surface area contributed by atoms with Crippen molar-refractivity contribution in [2.45, 2.75) is 42.8 Å². The van der Waals surface area contributed by atoms with Gasteiger partial charge in [-0.05, 0) is 37.5 Å². The van der Waals surface area contributed by atoms with Crippen molar-refractivity contribution in [2.75, 3.05) is 11.9 Å². The summed E-state index contributed by atoms with van der Waals surface area (Å²) in [7, 11) is 0. The zero-order valence-corrected chi connectivity index (χ0v) is 18.2. The summed E-state index contributed by atoms with van der Waals surface area (Å²) in [5, 5.41) is 3.55. The van der Waals surface area contributed by atoms with Crippen molar-refractivity contribution in [1.82, 2.24) is 14.5 Å². The Morgan fingerprint density at radius 3 is 2.87 bits per heavy atom. The second-order valence-corrected chi connectivity index (χ2v) is 8.79. The van der Waals surface area contributed by atoms with E-state index in [1.54, 1.807) is 18.3 Å². The van der Waals surface area contributed by atoms with Crippen LogP contribution in [0.5, 0.6) is 0 Å². The Kier molecular flexibility index (Phi) is 6.72. The van der Waals surface area contributed by atoms with Gasteiger partial charge in [0.25, 0.3) is 0 Å². The van der Waals surface area contributed by atoms with E-state index in [0.29, 0.717) is 5.69 Å². The normalized spacial score (nSPS) is 17.1. The second-order valence-electron chi connectivity index (χ2n) is 7.13. The van der Waals surface area contributed by atoms with Gasteiger partial charge in [-0.1, -0.05) is 53.7 Å². The number of amides is 1. The number of halogens is 1. The van der Waals surface area contributed by atoms with Crippen LogP contribution in [-0.4, -0.2) is 38.4 Å². The maximum atomic E-state index is 12.7. The number of pyridine rings is 1. The fourth-order valence-electron chi connectivity index (χ4n) is 3.39. The first-order chi connectivity index (χ1) is 14.6. The van der Waals surface area contributed by atoms with Crippen molar-refractivity contribution in [1.29, 1.82) is 0 Å². The van der Waals surface area contributed by atoms with Crippen LogP contribution < -0.4 is 5.32 Å². The van der Waals surface area contributed by atoms with E-state index in [9.17, 15) is 4.79 Å². The van der Waals surface area contributed by atoms with Gasteiger partial charge in [-0.25, -0.2) is 9.97 Å². The summed E-state index contributed by atoms with van der Waals surface area (Å²) in [6, 6.07) is 13.6. The highest BCUT2D eigenvalue weighted by Gasteiger charge is 2.24. The Hall–Kier alpha value is -2.35. The molecular formula is C22H23ClN4O2S. The van der Waals surface area contributed by atoms with Crippen LogP contribution in [-0.2, 0) is 16.1 Å². The Bertz CT molecular complexity index is 1010. The zero-order valence-electron chi connectivity index (χ0n) is 16.6. The van der Waals surface area contributed by atoms with E-state index in [2.05, 4.69) is 32.0 Å². The van der Waals surface area contributed by atoms with Crippen molar-refractivity contribution >= 4 is 35.0 Å². The SMILES string of the molecule is CC(Sc1ncc(-c2ccccc2)n1CC1CCCO1)C(=O)Nc1cccnc1Cl. The van der Waals surface area contributed by atoms with Crippen molar-refractivity contribution in [3.63, 3.8) is 0 Å². The summed E-state index contributed by atoms with van der Waals surface area (Å²) in [4.78, 5) is 21.4. The molecule has 6 nitrogen and oxygen atoms in total. The third kappa shape index (κ3) is 4.86. The summed E-state index contributed by atoms with van der Waals surface area (Å²) in [5.74, 6) is -0.150. The molecule has 2 aromatic heterocycles. The molecule has 3 heterocycles. The molecule has 1 amide bonds. The lowest BCUT2D eigenvalue weighted by atomic mass is 10.1. The summed E-state index contributed by atoms with van der Waals surface area (Å²) >= 11 is 7.48. The molecule has 0 bridgehead atoms. The lowest BCUT2D eigenvalue weighted by Gasteiger charge is -2.18. The number of aromatic nitrogens is 3. The molecule has 1 aliphatic rings. The first-order valence-corrected chi connectivity index (χ1v) is 11.2. The number of carbonyl (C=O) groups is 1. The van der Waals surface area contributed by atoms with Gasteiger partial charge in [0.1, 0.15) is 0 Å². The van der Waals surface area contributed by atoms with Gasteiger partial charge < -0.3 is 14.6 Å². The number of nitrogens with zero attached hydrogens (tertiary/aromatic N) is 3. The number of benzene rings is 1. The van der Waals surface area contributed by atoms with Crippen molar-refractivity contribution in [2.24, 2.45) is 0 Å². The third-order valence-electron chi connectivity index (χ3n) is 4.97. The van der Waals surface area contributed by atoms with Crippen LogP contribution in [0.25, 0.3) is 11.3 Å². The standard InChI is InChI=1S/C22H23ClN4O2S/c1-15(21(28)26-18-10-5-11-24-20(18)23)30-22-25-13-19(16-7-3-2-4-8-16)27(22)14-17-9-6-12-29-17/h2-5,7-8,10-11,13,15,17H,6,9,12,14H2,1H3,(H,26,28). The predicted molar refractivity (Wildman–Crippen MR) is 120 cm³/mol. The number of carbonyl (C=O) groups excluding carboxylic acids is 1.